The lowest BCUT2D eigenvalue weighted by Crippen LogP contribution is -2.39. The number of hydrogen-bond acceptors (Lipinski definition) is 4. The summed E-state index contributed by atoms with van der Waals surface area (Å²) < 4.78 is 26.6. The summed E-state index contributed by atoms with van der Waals surface area (Å²) in [6.45, 7) is -0.889. The van der Waals surface area contributed by atoms with Gasteiger partial charge in [0.2, 0.25) is 10.0 Å². The van der Waals surface area contributed by atoms with Gasteiger partial charge in [-0.25, -0.2) is 13.1 Å². The highest BCUT2D eigenvalue weighted by atomic mass is 127. The minimum atomic E-state index is -3.67. The van der Waals surface area contributed by atoms with Crippen molar-refractivity contribution in [1.29, 1.82) is 0 Å². The lowest BCUT2D eigenvalue weighted by Gasteiger charge is -2.13. The van der Waals surface area contributed by atoms with E-state index in [1.54, 1.807) is 12.1 Å². The topological polar surface area (TPSA) is 86.6 Å². The summed E-state index contributed by atoms with van der Waals surface area (Å²) in [5, 5.41) is 17.6. The Morgan fingerprint density at radius 2 is 1.69 bits per heavy atom. The minimum Gasteiger partial charge on any atom is -0.395 e. The molecule has 16 heavy (non-hydrogen) atoms. The summed E-state index contributed by atoms with van der Waals surface area (Å²) >= 11 is 2.07. The minimum absolute atomic E-state index is 0.111. The van der Waals surface area contributed by atoms with Gasteiger partial charge in [-0.3, -0.25) is 0 Å². The van der Waals surface area contributed by atoms with Crippen LogP contribution in [-0.4, -0.2) is 37.9 Å². The molecule has 0 saturated heterocycles. The van der Waals surface area contributed by atoms with Crippen LogP contribution in [-0.2, 0) is 10.0 Å². The molecule has 3 N–H and O–H groups in total. The molecule has 0 aliphatic rings. The van der Waals surface area contributed by atoms with Crippen LogP contribution in [0.3, 0.4) is 0 Å². The average molecular weight is 357 g/mol. The number of halogens is 1. The van der Waals surface area contributed by atoms with E-state index in [0.29, 0.717) is 0 Å². The fourth-order valence-electron chi connectivity index (χ4n) is 1.03. The molecule has 0 aliphatic carbocycles. The van der Waals surface area contributed by atoms with Crippen LogP contribution in [0.4, 0.5) is 0 Å². The van der Waals surface area contributed by atoms with E-state index in [1.807, 2.05) is 0 Å². The predicted molar refractivity (Wildman–Crippen MR) is 67.4 cm³/mol. The van der Waals surface area contributed by atoms with E-state index in [0.717, 1.165) is 3.57 Å². The number of sulfonamides is 1. The van der Waals surface area contributed by atoms with Crippen molar-refractivity contribution in [2.45, 2.75) is 10.9 Å². The zero-order valence-corrected chi connectivity index (χ0v) is 11.3. The molecule has 0 heterocycles. The van der Waals surface area contributed by atoms with Crippen LogP contribution < -0.4 is 4.72 Å². The Balaban J connectivity index is 2.89. The van der Waals surface area contributed by atoms with Gasteiger partial charge < -0.3 is 10.2 Å². The number of hydrogen-bond donors (Lipinski definition) is 3. The van der Waals surface area contributed by atoms with Crippen molar-refractivity contribution < 1.29 is 18.6 Å². The van der Waals surface area contributed by atoms with E-state index in [-0.39, 0.29) is 4.90 Å². The van der Waals surface area contributed by atoms with Crippen LogP contribution in [0.15, 0.2) is 29.2 Å². The van der Waals surface area contributed by atoms with Crippen molar-refractivity contribution in [3.05, 3.63) is 27.8 Å². The SMILES string of the molecule is O=S(=O)(NC(CO)CO)c1ccc(I)cc1. The van der Waals surface area contributed by atoms with E-state index in [4.69, 9.17) is 10.2 Å². The zero-order chi connectivity index (χ0) is 12.2. The molecule has 0 aromatic heterocycles. The Bertz CT molecular complexity index is 427. The van der Waals surface area contributed by atoms with Gasteiger partial charge in [-0.2, -0.15) is 0 Å². The Morgan fingerprint density at radius 1 is 1.19 bits per heavy atom. The average Bonchev–Trinajstić information content (AvgIpc) is 2.26. The van der Waals surface area contributed by atoms with E-state index in [9.17, 15) is 8.42 Å². The van der Waals surface area contributed by atoms with Crippen molar-refractivity contribution in [3.63, 3.8) is 0 Å². The molecule has 0 spiro atoms. The second kappa shape index (κ2) is 5.92. The quantitative estimate of drug-likeness (QED) is 0.644. The molecule has 0 bridgehead atoms. The predicted octanol–water partition coefficient (Wildman–Crippen LogP) is -0.0773. The normalized spacial score (nSPS) is 12.0. The summed E-state index contributed by atoms with van der Waals surface area (Å²) in [6, 6.07) is 5.40. The number of benzene rings is 1. The van der Waals surface area contributed by atoms with Crippen molar-refractivity contribution >= 4 is 32.6 Å². The highest BCUT2D eigenvalue weighted by Gasteiger charge is 2.18. The lowest BCUT2D eigenvalue weighted by molar-refractivity contribution is 0.185. The third-order valence-corrected chi connectivity index (χ3v) is 4.14. The second-order valence-corrected chi connectivity index (χ2v) is 6.10. The smallest absolute Gasteiger partial charge is 0.240 e. The summed E-state index contributed by atoms with van der Waals surface area (Å²) in [6.07, 6.45) is 0. The summed E-state index contributed by atoms with van der Waals surface area (Å²) in [7, 11) is -3.67. The maximum absolute atomic E-state index is 11.7. The van der Waals surface area contributed by atoms with Crippen LogP contribution in [0, 0.1) is 3.57 Å². The maximum Gasteiger partial charge on any atom is 0.240 e. The number of rotatable bonds is 5. The second-order valence-electron chi connectivity index (χ2n) is 3.14. The van der Waals surface area contributed by atoms with E-state index < -0.39 is 29.3 Å². The standard InChI is InChI=1S/C9H12INO4S/c10-7-1-3-9(4-2-7)16(14,15)11-8(5-12)6-13/h1-4,8,11-13H,5-6H2. The van der Waals surface area contributed by atoms with Crippen molar-refractivity contribution in [2.75, 3.05) is 13.2 Å². The first-order chi connectivity index (χ1) is 7.49. The van der Waals surface area contributed by atoms with Crippen LogP contribution in [0.25, 0.3) is 0 Å². The fraction of sp³-hybridized carbons (Fsp3) is 0.333. The van der Waals surface area contributed by atoms with Crippen molar-refractivity contribution in [3.8, 4) is 0 Å². The van der Waals surface area contributed by atoms with Gasteiger partial charge >= 0.3 is 0 Å². The fourth-order valence-corrected chi connectivity index (χ4v) is 2.61. The Kier molecular flexibility index (Phi) is 5.12. The molecule has 0 unspecified atom stereocenters. The van der Waals surface area contributed by atoms with Crippen LogP contribution in [0.2, 0.25) is 0 Å². The van der Waals surface area contributed by atoms with Gasteiger partial charge in [-0.05, 0) is 46.9 Å². The Hall–Kier alpha value is -0.220. The molecule has 0 saturated carbocycles. The first-order valence-electron chi connectivity index (χ1n) is 4.49. The van der Waals surface area contributed by atoms with E-state index >= 15 is 0 Å². The monoisotopic (exact) mass is 357 g/mol. The first-order valence-corrected chi connectivity index (χ1v) is 7.05. The Labute approximate surface area is 108 Å². The Morgan fingerprint density at radius 3 is 2.12 bits per heavy atom. The molecule has 0 fully saturated rings. The van der Waals surface area contributed by atoms with Gasteiger partial charge in [0, 0.05) is 3.57 Å². The van der Waals surface area contributed by atoms with E-state index in [2.05, 4.69) is 27.3 Å². The van der Waals surface area contributed by atoms with Gasteiger partial charge in [-0.15, -0.1) is 0 Å². The van der Waals surface area contributed by atoms with Crippen LogP contribution in [0.1, 0.15) is 0 Å². The maximum atomic E-state index is 11.7. The van der Waals surface area contributed by atoms with Crippen molar-refractivity contribution in [1.82, 2.24) is 4.72 Å². The molecular formula is C9H12INO4S. The molecule has 5 nitrogen and oxygen atoms in total. The van der Waals surface area contributed by atoms with Crippen molar-refractivity contribution in [2.24, 2.45) is 0 Å². The highest BCUT2D eigenvalue weighted by Crippen LogP contribution is 2.12. The summed E-state index contributed by atoms with van der Waals surface area (Å²) in [5.74, 6) is 0. The highest BCUT2D eigenvalue weighted by molar-refractivity contribution is 14.1. The third-order valence-electron chi connectivity index (χ3n) is 1.89. The number of aliphatic hydroxyl groups excluding tert-OH is 2. The number of nitrogens with one attached hydrogen (secondary N) is 1. The molecule has 0 aliphatic heterocycles. The molecule has 0 amide bonds. The molecule has 0 atom stereocenters. The van der Waals surface area contributed by atoms with E-state index in [1.165, 1.54) is 12.1 Å². The van der Waals surface area contributed by atoms with Crippen LogP contribution in [0.5, 0.6) is 0 Å². The van der Waals surface area contributed by atoms with Gasteiger partial charge in [0.25, 0.3) is 0 Å². The van der Waals surface area contributed by atoms with Gasteiger partial charge in [-0.1, -0.05) is 0 Å². The zero-order valence-electron chi connectivity index (χ0n) is 8.30. The molecule has 90 valence electrons. The third kappa shape index (κ3) is 3.67. The first kappa shape index (κ1) is 13.8. The molecule has 1 aromatic carbocycles. The largest absolute Gasteiger partial charge is 0.395 e. The van der Waals surface area contributed by atoms with Gasteiger partial charge in [0.05, 0.1) is 24.2 Å². The molecule has 1 rings (SSSR count). The number of aliphatic hydroxyl groups is 2. The molecule has 7 heteroatoms. The van der Waals surface area contributed by atoms with Crippen LogP contribution >= 0.6 is 22.6 Å². The summed E-state index contributed by atoms with van der Waals surface area (Å²) in [5.41, 5.74) is 0. The van der Waals surface area contributed by atoms with Gasteiger partial charge in [0.15, 0.2) is 0 Å². The summed E-state index contributed by atoms with van der Waals surface area (Å²) in [4.78, 5) is 0.111. The lowest BCUT2D eigenvalue weighted by atomic mass is 10.4. The van der Waals surface area contributed by atoms with Gasteiger partial charge in [0.1, 0.15) is 0 Å². The molecule has 1 aromatic rings. The molecule has 0 radical (unpaired) electrons. The molecular weight excluding hydrogens is 345 g/mol.